The molecule has 0 aliphatic heterocycles. The summed E-state index contributed by atoms with van der Waals surface area (Å²) in [5.41, 5.74) is 1.36. The summed E-state index contributed by atoms with van der Waals surface area (Å²) in [5, 5.41) is 20.1. The largest absolute Gasteiger partial charge is 0.507 e. The number of nitrogens with zero attached hydrogens (tertiary/aromatic N) is 5. The number of aryl methyl sites for hydroxylation is 1. The third-order valence-electron chi connectivity index (χ3n) is 8.63. The Morgan fingerprint density at radius 1 is 1.07 bits per heavy atom. The maximum Gasteiger partial charge on any atom is 0.327 e. The number of sulfonamides is 1. The SMILES string of the molecule is Cc1nc(N(CC(=O)OC2CC(C)CCC2C(C)C)S(=O)(=O)c2ccc(N=Nc3ccc(O)c4ccccc34)cc2)c(C)n1N. The Kier molecular flexibility index (Phi) is 9.15. The summed E-state index contributed by atoms with van der Waals surface area (Å²) in [4.78, 5) is 17.7. The van der Waals surface area contributed by atoms with Gasteiger partial charge in [0.15, 0.2) is 5.82 Å². The van der Waals surface area contributed by atoms with Gasteiger partial charge in [-0.3, -0.25) is 4.79 Å². The summed E-state index contributed by atoms with van der Waals surface area (Å²) in [6.45, 7) is 9.14. The highest BCUT2D eigenvalue weighted by atomic mass is 32.2. The molecule has 0 spiro atoms. The topological polar surface area (TPSA) is 152 Å². The van der Waals surface area contributed by atoms with E-state index in [1.54, 1.807) is 32.0 Å². The summed E-state index contributed by atoms with van der Waals surface area (Å²) in [7, 11) is -4.27. The molecule has 238 valence electrons. The van der Waals surface area contributed by atoms with E-state index in [-0.39, 0.29) is 28.5 Å². The molecule has 0 radical (unpaired) electrons. The van der Waals surface area contributed by atoms with Crippen LogP contribution >= 0.6 is 0 Å². The van der Waals surface area contributed by atoms with Crippen LogP contribution in [0.4, 0.5) is 17.2 Å². The lowest BCUT2D eigenvalue weighted by Gasteiger charge is -2.37. The van der Waals surface area contributed by atoms with Gasteiger partial charge in [-0.25, -0.2) is 22.4 Å². The first-order chi connectivity index (χ1) is 21.4. The number of nitrogens with two attached hydrogens (primary N) is 1. The van der Waals surface area contributed by atoms with Crippen LogP contribution < -0.4 is 10.1 Å². The number of anilines is 1. The number of carbonyl (C=O) groups is 1. The molecule has 45 heavy (non-hydrogen) atoms. The van der Waals surface area contributed by atoms with Gasteiger partial charge in [-0.05, 0) is 80.8 Å². The first-order valence-electron chi connectivity index (χ1n) is 15.1. The van der Waals surface area contributed by atoms with Crippen molar-refractivity contribution in [1.29, 1.82) is 0 Å². The van der Waals surface area contributed by atoms with Crippen molar-refractivity contribution in [2.24, 2.45) is 28.0 Å². The summed E-state index contributed by atoms with van der Waals surface area (Å²) >= 11 is 0. The van der Waals surface area contributed by atoms with Crippen molar-refractivity contribution in [1.82, 2.24) is 9.66 Å². The van der Waals surface area contributed by atoms with Crippen molar-refractivity contribution >= 4 is 44.0 Å². The molecule has 3 unspecified atom stereocenters. The minimum atomic E-state index is -4.27. The number of phenols is 1. The van der Waals surface area contributed by atoms with Crippen LogP contribution in [0.1, 0.15) is 51.6 Å². The van der Waals surface area contributed by atoms with Gasteiger partial charge in [0.05, 0.1) is 22.0 Å². The lowest BCUT2D eigenvalue weighted by Crippen LogP contribution is -2.41. The summed E-state index contributed by atoms with van der Waals surface area (Å²) in [5.74, 6) is 7.01. The van der Waals surface area contributed by atoms with Crippen molar-refractivity contribution < 1.29 is 23.1 Å². The van der Waals surface area contributed by atoms with Crippen LogP contribution in [-0.4, -0.2) is 41.8 Å². The van der Waals surface area contributed by atoms with Crippen molar-refractivity contribution in [2.75, 3.05) is 16.7 Å². The first-order valence-corrected chi connectivity index (χ1v) is 16.6. The van der Waals surface area contributed by atoms with Gasteiger partial charge in [0, 0.05) is 10.8 Å². The number of fused-ring (bicyclic) bond motifs is 1. The Labute approximate surface area is 263 Å². The van der Waals surface area contributed by atoms with Gasteiger partial charge < -0.3 is 15.7 Å². The zero-order chi connectivity index (χ0) is 32.5. The highest BCUT2D eigenvalue weighted by Gasteiger charge is 2.36. The quantitative estimate of drug-likeness (QED) is 0.118. The second-order valence-corrected chi connectivity index (χ2v) is 14.0. The van der Waals surface area contributed by atoms with E-state index >= 15 is 0 Å². The van der Waals surface area contributed by atoms with Crippen molar-refractivity contribution in [2.45, 2.75) is 64.9 Å². The number of rotatable bonds is 9. The van der Waals surface area contributed by atoms with Crippen LogP contribution in [0.25, 0.3) is 10.8 Å². The molecule has 3 N–H and O–H groups in total. The lowest BCUT2D eigenvalue weighted by atomic mass is 9.75. The smallest absolute Gasteiger partial charge is 0.327 e. The molecule has 5 rings (SSSR count). The average Bonchev–Trinajstić information content (AvgIpc) is 3.26. The number of esters is 1. The Morgan fingerprint density at radius 3 is 2.40 bits per heavy atom. The third-order valence-corrected chi connectivity index (χ3v) is 10.4. The molecule has 3 aromatic carbocycles. The van der Waals surface area contributed by atoms with Crippen LogP contribution in [0.5, 0.6) is 5.75 Å². The number of phenolic OH excluding ortho intramolecular Hbond substituents is 1. The van der Waals surface area contributed by atoms with Crippen LogP contribution in [0.15, 0.2) is 75.8 Å². The van der Waals surface area contributed by atoms with Crippen LogP contribution in [0, 0.1) is 31.6 Å². The standard InChI is InChI=1S/C33H40N6O5S/c1-20(2)26-15-10-21(3)18-31(26)44-32(41)19-38(33-22(4)39(34)23(5)35-33)45(42,43)25-13-11-24(12-14-25)36-37-29-16-17-30(40)28-9-7-6-8-27(28)29/h6-9,11-14,16-17,20-21,26,31,40H,10,15,18-19,34H2,1-5H3. The molecule has 0 amide bonds. The zero-order valence-corrected chi connectivity index (χ0v) is 27.0. The third kappa shape index (κ3) is 6.65. The molecule has 0 saturated heterocycles. The molecule has 3 atom stereocenters. The monoisotopic (exact) mass is 632 g/mol. The van der Waals surface area contributed by atoms with E-state index in [1.165, 1.54) is 28.9 Å². The second-order valence-electron chi connectivity index (χ2n) is 12.1. The molecule has 1 aliphatic carbocycles. The second kappa shape index (κ2) is 12.9. The Bertz CT molecular complexity index is 1830. The van der Waals surface area contributed by atoms with Gasteiger partial charge >= 0.3 is 5.97 Å². The predicted octanol–water partition coefficient (Wildman–Crippen LogP) is 6.69. The number of aromatic hydroxyl groups is 1. The van der Waals surface area contributed by atoms with E-state index in [0.717, 1.165) is 29.0 Å². The predicted molar refractivity (Wildman–Crippen MR) is 174 cm³/mol. The van der Waals surface area contributed by atoms with Crippen molar-refractivity contribution in [3.05, 3.63) is 72.2 Å². The minimum Gasteiger partial charge on any atom is -0.507 e. The van der Waals surface area contributed by atoms with Crippen LogP contribution in [0.2, 0.25) is 0 Å². The lowest BCUT2D eigenvalue weighted by molar-refractivity contribution is -0.153. The maximum atomic E-state index is 14.1. The number of ether oxygens (including phenoxy) is 1. The number of aromatic nitrogens is 2. The first kappa shape index (κ1) is 32.0. The number of imidazole rings is 1. The van der Waals surface area contributed by atoms with Gasteiger partial charge in [0.25, 0.3) is 10.0 Å². The fourth-order valence-corrected chi connectivity index (χ4v) is 7.41. The Hall–Kier alpha value is -4.45. The number of benzene rings is 3. The molecule has 1 aromatic heterocycles. The molecule has 1 saturated carbocycles. The number of hydrogen-bond donors (Lipinski definition) is 2. The van der Waals surface area contributed by atoms with Gasteiger partial charge in [-0.2, -0.15) is 5.11 Å². The van der Waals surface area contributed by atoms with E-state index in [4.69, 9.17) is 10.6 Å². The summed E-state index contributed by atoms with van der Waals surface area (Å²) in [6, 6.07) is 16.4. The number of azo groups is 1. The molecule has 12 heteroatoms. The highest BCUT2D eigenvalue weighted by Crippen LogP contribution is 2.36. The number of carbonyl (C=O) groups excluding carboxylic acids is 1. The van der Waals surface area contributed by atoms with E-state index in [1.807, 2.05) is 18.2 Å². The normalized spacial score (nSPS) is 18.9. The minimum absolute atomic E-state index is 0.0562. The molecule has 1 heterocycles. The Morgan fingerprint density at radius 2 is 1.76 bits per heavy atom. The van der Waals surface area contributed by atoms with Crippen LogP contribution in [-0.2, 0) is 19.6 Å². The zero-order valence-electron chi connectivity index (χ0n) is 26.2. The number of nitrogen functional groups attached to an aromatic ring is 1. The molecule has 1 fully saturated rings. The molecule has 4 aromatic rings. The molecule has 0 bridgehead atoms. The van der Waals surface area contributed by atoms with Crippen molar-refractivity contribution in [3.8, 4) is 5.75 Å². The van der Waals surface area contributed by atoms with E-state index in [2.05, 4.69) is 36.0 Å². The fraction of sp³-hybridized carbons (Fsp3) is 0.394. The van der Waals surface area contributed by atoms with Crippen molar-refractivity contribution in [3.63, 3.8) is 0 Å². The van der Waals surface area contributed by atoms with E-state index in [0.29, 0.717) is 40.1 Å². The molecular weight excluding hydrogens is 592 g/mol. The van der Waals surface area contributed by atoms with E-state index in [9.17, 15) is 18.3 Å². The van der Waals surface area contributed by atoms with Gasteiger partial charge in [0.1, 0.15) is 24.2 Å². The average molecular weight is 633 g/mol. The van der Waals surface area contributed by atoms with Gasteiger partial charge in [0.2, 0.25) is 0 Å². The van der Waals surface area contributed by atoms with Gasteiger partial charge in [-0.1, -0.05) is 51.5 Å². The van der Waals surface area contributed by atoms with Gasteiger partial charge in [-0.15, -0.1) is 5.11 Å². The van der Waals surface area contributed by atoms with Crippen LogP contribution in [0.3, 0.4) is 0 Å². The highest BCUT2D eigenvalue weighted by molar-refractivity contribution is 7.92. The Balaban J connectivity index is 1.42. The summed E-state index contributed by atoms with van der Waals surface area (Å²) in [6.07, 6.45) is 2.50. The fourth-order valence-electron chi connectivity index (χ4n) is 6.00. The van der Waals surface area contributed by atoms with E-state index < -0.39 is 22.5 Å². The number of hydrogen-bond acceptors (Lipinski definition) is 9. The molecule has 1 aliphatic rings. The molecular formula is C33H40N6O5S. The molecule has 11 nitrogen and oxygen atoms in total. The maximum absolute atomic E-state index is 14.1. The summed E-state index contributed by atoms with van der Waals surface area (Å²) < 4.78 is 36.4.